The highest BCUT2D eigenvalue weighted by Crippen LogP contribution is 2.23. The van der Waals surface area contributed by atoms with E-state index in [4.69, 9.17) is 0 Å². The molecule has 2 rings (SSSR count). The van der Waals surface area contributed by atoms with Gasteiger partial charge in [-0.05, 0) is 23.8 Å². The van der Waals surface area contributed by atoms with Crippen molar-refractivity contribution in [2.24, 2.45) is 0 Å². The van der Waals surface area contributed by atoms with Gasteiger partial charge in [-0.15, -0.1) is 5.10 Å². The number of hydrogen-bond acceptors (Lipinski definition) is 7. The van der Waals surface area contributed by atoms with Crippen LogP contribution >= 0.6 is 11.8 Å². The van der Waals surface area contributed by atoms with Gasteiger partial charge in [-0.25, -0.2) is 14.3 Å². The molecule has 2 heterocycles. The summed E-state index contributed by atoms with van der Waals surface area (Å²) in [4.78, 5) is 28.8. The second-order valence-corrected chi connectivity index (χ2v) is 5.22. The number of H-pyrrole nitrogens is 1. The van der Waals surface area contributed by atoms with E-state index in [9.17, 15) is 14.7 Å². The first kappa shape index (κ1) is 15.2. The molecule has 112 valence electrons. The molecular formula is C11H14N6O3S. The summed E-state index contributed by atoms with van der Waals surface area (Å²) < 4.78 is 1.65. The van der Waals surface area contributed by atoms with E-state index in [2.05, 4.69) is 25.5 Å². The van der Waals surface area contributed by atoms with Crippen LogP contribution in [0.1, 0.15) is 35.2 Å². The molecule has 0 fully saturated rings. The maximum Gasteiger partial charge on any atom is 0.346 e. The third-order valence-electron chi connectivity index (χ3n) is 2.68. The molecule has 0 spiro atoms. The van der Waals surface area contributed by atoms with Crippen LogP contribution in [0.5, 0.6) is 0 Å². The fraction of sp³-hybridized carbons (Fsp3) is 0.455. The van der Waals surface area contributed by atoms with Crippen LogP contribution in [0.3, 0.4) is 0 Å². The molecule has 2 aromatic rings. The van der Waals surface area contributed by atoms with Crippen molar-refractivity contribution in [2.75, 3.05) is 0 Å². The number of thioether (sulfide) groups is 1. The highest BCUT2D eigenvalue weighted by Gasteiger charge is 2.18. The van der Waals surface area contributed by atoms with Gasteiger partial charge in [0, 0.05) is 12.2 Å². The second kappa shape index (κ2) is 6.48. The summed E-state index contributed by atoms with van der Waals surface area (Å²) >= 11 is 1.13. The van der Waals surface area contributed by atoms with Crippen LogP contribution in [-0.2, 0) is 12.3 Å². The van der Waals surface area contributed by atoms with E-state index >= 15 is 0 Å². The topological polar surface area (TPSA) is 127 Å². The number of aromatic amines is 1. The van der Waals surface area contributed by atoms with Gasteiger partial charge in [0.05, 0.1) is 5.75 Å². The van der Waals surface area contributed by atoms with E-state index in [0.717, 1.165) is 18.2 Å². The molecule has 2 N–H and O–H groups in total. The average Bonchev–Trinajstić information content (AvgIpc) is 2.83. The van der Waals surface area contributed by atoms with Crippen molar-refractivity contribution < 1.29 is 9.90 Å². The zero-order valence-electron chi connectivity index (χ0n) is 11.5. The van der Waals surface area contributed by atoms with Gasteiger partial charge < -0.3 is 10.1 Å². The zero-order valence-corrected chi connectivity index (χ0v) is 12.3. The van der Waals surface area contributed by atoms with E-state index in [-0.39, 0.29) is 16.3 Å². The van der Waals surface area contributed by atoms with Crippen molar-refractivity contribution in [3.8, 4) is 0 Å². The number of rotatable bonds is 6. The van der Waals surface area contributed by atoms with Crippen molar-refractivity contribution in [2.45, 2.75) is 37.6 Å². The average molecular weight is 310 g/mol. The second-order valence-electron chi connectivity index (χ2n) is 4.26. The summed E-state index contributed by atoms with van der Waals surface area (Å²) in [6.07, 6.45) is 0.880. The molecule has 0 aliphatic heterocycles. The largest absolute Gasteiger partial charge is 0.478 e. The van der Waals surface area contributed by atoms with Gasteiger partial charge >= 0.3 is 11.7 Å². The number of nitrogens with one attached hydrogen (secondary N) is 1. The Morgan fingerprint density at radius 3 is 2.90 bits per heavy atom. The number of nitrogens with zero attached hydrogens (tertiary/aromatic N) is 5. The van der Waals surface area contributed by atoms with Crippen molar-refractivity contribution in [3.63, 3.8) is 0 Å². The Balaban J connectivity index is 2.25. The number of carboxylic acids is 1. The lowest BCUT2D eigenvalue weighted by Gasteiger charge is -2.07. The molecule has 0 atom stereocenters. The minimum Gasteiger partial charge on any atom is -0.478 e. The van der Waals surface area contributed by atoms with E-state index < -0.39 is 11.7 Å². The molecule has 0 aromatic carbocycles. The monoisotopic (exact) mass is 310 g/mol. The minimum atomic E-state index is -1.13. The predicted octanol–water partition coefficient (Wildman–Crippen LogP) is 0.465. The van der Waals surface area contributed by atoms with E-state index in [0.29, 0.717) is 18.1 Å². The third-order valence-corrected chi connectivity index (χ3v) is 3.65. The first-order valence-corrected chi connectivity index (χ1v) is 7.23. The molecule has 0 unspecified atom stereocenters. The molecule has 2 aromatic heterocycles. The van der Waals surface area contributed by atoms with Crippen LogP contribution in [0, 0.1) is 6.92 Å². The molecule has 0 aliphatic rings. The lowest BCUT2D eigenvalue weighted by atomic mass is 10.2. The van der Waals surface area contributed by atoms with Gasteiger partial charge in [0.2, 0.25) is 0 Å². The Labute approximate surface area is 123 Å². The summed E-state index contributed by atoms with van der Waals surface area (Å²) in [7, 11) is 0. The van der Waals surface area contributed by atoms with Crippen molar-refractivity contribution in [1.82, 2.24) is 30.2 Å². The Kier molecular flexibility index (Phi) is 4.68. The number of aromatic carboxylic acids is 1. The smallest absolute Gasteiger partial charge is 0.346 e. The maximum absolute atomic E-state index is 11.4. The third kappa shape index (κ3) is 3.45. The van der Waals surface area contributed by atoms with Gasteiger partial charge in [-0.1, -0.05) is 18.7 Å². The number of tetrazole rings is 1. The quantitative estimate of drug-likeness (QED) is 0.582. The Morgan fingerprint density at radius 1 is 1.48 bits per heavy atom. The lowest BCUT2D eigenvalue weighted by Crippen LogP contribution is -2.18. The highest BCUT2D eigenvalue weighted by atomic mass is 32.2. The molecule has 0 saturated heterocycles. The fourth-order valence-electron chi connectivity index (χ4n) is 1.76. The van der Waals surface area contributed by atoms with Gasteiger partial charge in [0.25, 0.3) is 0 Å². The minimum absolute atomic E-state index is 0.00545. The van der Waals surface area contributed by atoms with E-state index in [1.807, 2.05) is 6.92 Å². The standard InChI is InChI=1S/C11H14N6O3S/c1-3-4-17-7(14-15-16-17)5-21-9-8(10(18)19)6(2)12-11(20)13-9/h3-5H2,1-2H3,(H,18,19)(H,12,13,20). The molecule has 0 aliphatic carbocycles. The van der Waals surface area contributed by atoms with Crippen LogP contribution in [0.4, 0.5) is 0 Å². The molecule has 0 saturated carbocycles. The fourth-order valence-corrected chi connectivity index (χ4v) is 2.77. The molecule has 21 heavy (non-hydrogen) atoms. The normalized spacial score (nSPS) is 10.8. The Bertz CT molecular complexity index is 710. The molecule has 0 bridgehead atoms. The molecule has 0 radical (unpaired) electrons. The molecule has 0 amide bonds. The number of carbonyl (C=O) groups is 1. The highest BCUT2D eigenvalue weighted by molar-refractivity contribution is 7.98. The number of aryl methyl sites for hydroxylation is 2. The van der Waals surface area contributed by atoms with Crippen molar-refractivity contribution in [1.29, 1.82) is 0 Å². The van der Waals surface area contributed by atoms with E-state index in [1.165, 1.54) is 6.92 Å². The molecule has 9 nitrogen and oxygen atoms in total. The SMILES string of the molecule is CCCn1nnnc1CSc1nc(=O)[nH]c(C)c1C(=O)O. The van der Waals surface area contributed by atoms with Crippen molar-refractivity contribution >= 4 is 17.7 Å². The Hall–Kier alpha value is -2.23. The lowest BCUT2D eigenvalue weighted by molar-refractivity contribution is 0.0690. The van der Waals surface area contributed by atoms with Gasteiger partial charge in [0.1, 0.15) is 10.6 Å². The summed E-state index contributed by atoms with van der Waals surface area (Å²) in [6, 6.07) is 0. The zero-order chi connectivity index (χ0) is 15.4. The van der Waals surface area contributed by atoms with Gasteiger partial charge in [-0.3, -0.25) is 0 Å². The first-order chi connectivity index (χ1) is 10.0. The number of aromatic nitrogens is 6. The molecule has 10 heteroatoms. The van der Waals surface area contributed by atoms with Gasteiger partial charge in [-0.2, -0.15) is 4.98 Å². The Morgan fingerprint density at radius 2 is 2.24 bits per heavy atom. The van der Waals surface area contributed by atoms with Crippen molar-refractivity contribution in [3.05, 3.63) is 27.6 Å². The van der Waals surface area contributed by atoms with Crippen LogP contribution < -0.4 is 5.69 Å². The van der Waals surface area contributed by atoms with Crippen LogP contribution in [0.2, 0.25) is 0 Å². The van der Waals surface area contributed by atoms with Crippen LogP contribution in [-0.4, -0.2) is 41.3 Å². The maximum atomic E-state index is 11.4. The predicted molar refractivity (Wildman–Crippen MR) is 74.2 cm³/mol. The first-order valence-electron chi connectivity index (χ1n) is 6.25. The summed E-state index contributed by atoms with van der Waals surface area (Å²) in [5.74, 6) is -0.187. The van der Waals surface area contributed by atoms with Crippen LogP contribution in [0.15, 0.2) is 9.82 Å². The summed E-state index contributed by atoms with van der Waals surface area (Å²) in [6.45, 7) is 4.21. The number of carboxylic acid groups (broad SMARTS) is 1. The summed E-state index contributed by atoms with van der Waals surface area (Å²) in [5.41, 5.74) is -0.305. The number of hydrogen-bond donors (Lipinski definition) is 2. The summed E-state index contributed by atoms with van der Waals surface area (Å²) in [5, 5.41) is 20.7. The van der Waals surface area contributed by atoms with Gasteiger partial charge in [0.15, 0.2) is 5.82 Å². The van der Waals surface area contributed by atoms with Crippen LogP contribution in [0.25, 0.3) is 0 Å². The van der Waals surface area contributed by atoms with E-state index in [1.54, 1.807) is 4.68 Å². The molecular weight excluding hydrogens is 296 g/mol.